The van der Waals surface area contributed by atoms with Gasteiger partial charge in [-0.3, -0.25) is 4.98 Å². The van der Waals surface area contributed by atoms with Gasteiger partial charge < -0.3 is 14.4 Å². The van der Waals surface area contributed by atoms with Crippen LogP contribution in [-0.2, 0) is 17.4 Å². The van der Waals surface area contributed by atoms with Crippen LogP contribution >= 0.6 is 11.6 Å². The number of hydrogen-bond acceptors (Lipinski definition) is 5. The lowest BCUT2D eigenvalue weighted by molar-refractivity contribution is 0.0552. The number of hydrogen-bond donors (Lipinski definition) is 1. The van der Waals surface area contributed by atoms with Crippen LogP contribution in [-0.4, -0.2) is 42.9 Å². The maximum Gasteiger partial charge on any atom is 0.179 e. The Bertz CT molecular complexity index is 1560. The molecular formula is C29H30ClN5O2. The van der Waals surface area contributed by atoms with Crippen molar-refractivity contribution < 1.29 is 9.84 Å². The number of benzene rings is 2. The number of aryl methyl sites for hydroxylation is 1. The summed E-state index contributed by atoms with van der Waals surface area (Å²) in [6, 6.07) is 19.1. The second kappa shape index (κ2) is 9.24. The van der Waals surface area contributed by atoms with Crippen molar-refractivity contribution >= 4 is 33.5 Å². The van der Waals surface area contributed by atoms with E-state index in [-0.39, 0.29) is 6.04 Å². The Hall–Kier alpha value is -3.26. The van der Waals surface area contributed by atoms with Gasteiger partial charge in [-0.05, 0) is 55.9 Å². The Morgan fingerprint density at radius 2 is 1.81 bits per heavy atom. The predicted molar refractivity (Wildman–Crippen MR) is 146 cm³/mol. The molecule has 190 valence electrons. The van der Waals surface area contributed by atoms with Crippen molar-refractivity contribution in [2.24, 2.45) is 13.0 Å². The van der Waals surface area contributed by atoms with Gasteiger partial charge in [0.05, 0.1) is 28.2 Å². The summed E-state index contributed by atoms with van der Waals surface area (Å²) in [6.07, 6.45) is 3.78. The van der Waals surface area contributed by atoms with E-state index in [1.54, 1.807) is 4.68 Å². The molecule has 5 aromatic rings. The van der Waals surface area contributed by atoms with Crippen LogP contribution in [0.5, 0.6) is 0 Å². The van der Waals surface area contributed by atoms with Gasteiger partial charge in [0.15, 0.2) is 5.15 Å². The summed E-state index contributed by atoms with van der Waals surface area (Å²) in [6.45, 7) is 5.14. The largest absolute Gasteiger partial charge is 0.386 e. The SMILES string of the molecule is Cn1nnc(Cl)c1-c1cnc2c3ccc(C(C)(C)O)cc3n(C(c3ccccc3)C3CCOCC3)c2c1. The van der Waals surface area contributed by atoms with Gasteiger partial charge in [0.25, 0.3) is 0 Å². The number of nitrogens with zero attached hydrogens (tertiary/aromatic N) is 5. The van der Waals surface area contributed by atoms with E-state index in [9.17, 15) is 5.11 Å². The molecule has 1 saturated heterocycles. The average Bonchev–Trinajstić information content (AvgIpc) is 3.40. The van der Waals surface area contributed by atoms with E-state index in [1.807, 2.05) is 33.2 Å². The molecule has 0 bridgehead atoms. The molecule has 1 aliphatic heterocycles. The topological polar surface area (TPSA) is 78.0 Å². The minimum absolute atomic E-state index is 0.0688. The fraction of sp³-hybridized carbons (Fsp3) is 0.345. The van der Waals surface area contributed by atoms with E-state index in [1.165, 1.54) is 5.56 Å². The summed E-state index contributed by atoms with van der Waals surface area (Å²) < 4.78 is 9.84. The third kappa shape index (κ3) is 4.21. The van der Waals surface area contributed by atoms with E-state index in [4.69, 9.17) is 21.3 Å². The number of aromatic nitrogens is 5. The molecule has 0 amide bonds. The zero-order valence-corrected chi connectivity index (χ0v) is 22.0. The number of halogens is 1. The van der Waals surface area contributed by atoms with Gasteiger partial charge in [-0.1, -0.05) is 59.3 Å². The molecule has 37 heavy (non-hydrogen) atoms. The molecule has 0 saturated carbocycles. The molecule has 1 aliphatic rings. The molecule has 2 aromatic carbocycles. The van der Waals surface area contributed by atoms with Crippen LogP contribution in [0.15, 0.2) is 60.8 Å². The zero-order chi connectivity index (χ0) is 25.7. The van der Waals surface area contributed by atoms with E-state index < -0.39 is 5.60 Å². The molecule has 0 spiro atoms. The lowest BCUT2D eigenvalue weighted by Gasteiger charge is -2.33. The predicted octanol–water partition coefficient (Wildman–Crippen LogP) is 5.88. The van der Waals surface area contributed by atoms with Crippen LogP contribution < -0.4 is 0 Å². The fourth-order valence-corrected chi connectivity index (χ4v) is 5.93. The molecular weight excluding hydrogens is 486 g/mol. The molecule has 1 N–H and O–H groups in total. The van der Waals surface area contributed by atoms with E-state index >= 15 is 0 Å². The van der Waals surface area contributed by atoms with Crippen LogP contribution in [0.4, 0.5) is 0 Å². The van der Waals surface area contributed by atoms with Crippen LogP contribution in [0, 0.1) is 5.92 Å². The summed E-state index contributed by atoms with van der Waals surface area (Å²) in [5, 5.41) is 20.4. The number of pyridine rings is 1. The van der Waals surface area contributed by atoms with Gasteiger partial charge >= 0.3 is 0 Å². The molecule has 1 atom stereocenters. The standard InChI is InChI=1S/C29H30ClN5O2/c1-29(2,36)21-9-10-22-23(16-21)35(26(18-7-5-4-6-8-18)19-11-13-37-14-12-19)24-15-20(17-31-25(22)24)27-28(30)32-33-34(27)3/h4-10,15-17,19,26,36H,11-14H2,1-3H3. The second-order valence-electron chi connectivity index (χ2n) is 10.4. The first-order valence-electron chi connectivity index (χ1n) is 12.7. The van der Waals surface area contributed by atoms with Crippen molar-refractivity contribution in [1.29, 1.82) is 0 Å². The molecule has 0 radical (unpaired) electrons. The highest BCUT2D eigenvalue weighted by atomic mass is 35.5. The maximum absolute atomic E-state index is 10.9. The van der Waals surface area contributed by atoms with Gasteiger partial charge in [-0.15, -0.1) is 5.10 Å². The minimum atomic E-state index is -0.969. The van der Waals surface area contributed by atoms with Crippen molar-refractivity contribution in [1.82, 2.24) is 24.5 Å². The third-order valence-corrected chi connectivity index (χ3v) is 7.79. The first-order valence-corrected chi connectivity index (χ1v) is 13.1. The fourth-order valence-electron chi connectivity index (χ4n) is 5.67. The number of fused-ring (bicyclic) bond motifs is 3. The summed E-state index contributed by atoms with van der Waals surface area (Å²) >= 11 is 6.43. The zero-order valence-electron chi connectivity index (χ0n) is 21.2. The molecule has 3 aromatic heterocycles. The van der Waals surface area contributed by atoms with E-state index in [2.05, 4.69) is 63.4 Å². The maximum atomic E-state index is 10.9. The second-order valence-corrected chi connectivity index (χ2v) is 10.8. The number of aliphatic hydroxyl groups is 1. The van der Waals surface area contributed by atoms with Gasteiger partial charge in [-0.2, -0.15) is 0 Å². The van der Waals surface area contributed by atoms with E-state index in [0.29, 0.717) is 11.1 Å². The molecule has 1 fully saturated rings. The first-order chi connectivity index (χ1) is 17.8. The Kier molecular flexibility index (Phi) is 6.02. The Morgan fingerprint density at radius 3 is 2.49 bits per heavy atom. The number of ether oxygens (including phenoxy) is 1. The lowest BCUT2D eigenvalue weighted by Crippen LogP contribution is -2.27. The van der Waals surface area contributed by atoms with Crippen LogP contribution in [0.3, 0.4) is 0 Å². The third-order valence-electron chi connectivity index (χ3n) is 7.54. The summed E-state index contributed by atoms with van der Waals surface area (Å²) in [4.78, 5) is 4.95. The summed E-state index contributed by atoms with van der Waals surface area (Å²) in [5.74, 6) is 0.381. The number of rotatable bonds is 5. The summed E-state index contributed by atoms with van der Waals surface area (Å²) in [5.41, 5.74) is 5.70. The van der Waals surface area contributed by atoms with Crippen LogP contribution in [0.25, 0.3) is 33.2 Å². The van der Waals surface area contributed by atoms with Gasteiger partial charge in [-0.25, -0.2) is 4.68 Å². The van der Waals surface area contributed by atoms with Crippen molar-refractivity contribution in [2.75, 3.05) is 13.2 Å². The monoisotopic (exact) mass is 515 g/mol. The Morgan fingerprint density at radius 1 is 1.05 bits per heavy atom. The highest BCUT2D eigenvalue weighted by molar-refractivity contribution is 6.31. The van der Waals surface area contributed by atoms with Crippen molar-refractivity contribution in [3.63, 3.8) is 0 Å². The van der Waals surface area contributed by atoms with Crippen molar-refractivity contribution in [2.45, 2.75) is 38.3 Å². The molecule has 0 aliphatic carbocycles. The van der Waals surface area contributed by atoms with Gasteiger partial charge in [0, 0.05) is 37.4 Å². The van der Waals surface area contributed by atoms with Crippen LogP contribution in [0.1, 0.15) is 43.9 Å². The highest BCUT2D eigenvalue weighted by Gasteiger charge is 2.31. The molecule has 7 nitrogen and oxygen atoms in total. The average molecular weight is 516 g/mol. The Balaban J connectivity index is 1.69. The van der Waals surface area contributed by atoms with Crippen molar-refractivity contribution in [3.05, 3.63) is 77.1 Å². The first kappa shape index (κ1) is 24.1. The van der Waals surface area contributed by atoms with Gasteiger partial charge in [0.1, 0.15) is 5.69 Å². The lowest BCUT2D eigenvalue weighted by atomic mass is 9.86. The molecule has 8 heteroatoms. The van der Waals surface area contributed by atoms with Crippen LogP contribution in [0.2, 0.25) is 5.15 Å². The molecule has 4 heterocycles. The van der Waals surface area contributed by atoms with E-state index in [0.717, 1.165) is 64.8 Å². The van der Waals surface area contributed by atoms with Crippen molar-refractivity contribution in [3.8, 4) is 11.3 Å². The molecule has 6 rings (SSSR count). The summed E-state index contributed by atoms with van der Waals surface area (Å²) in [7, 11) is 1.83. The van der Waals surface area contributed by atoms with Gasteiger partial charge in [0.2, 0.25) is 0 Å². The molecule has 1 unspecified atom stereocenters. The smallest absolute Gasteiger partial charge is 0.179 e. The minimum Gasteiger partial charge on any atom is -0.386 e. The normalized spacial score (nSPS) is 16.0. The highest BCUT2D eigenvalue weighted by Crippen LogP contribution is 2.42. The quantitative estimate of drug-likeness (QED) is 0.316. The Labute approximate surface area is 220 Å².